The van der Waals surface area contributed by atoms with Crippen molar-refractivity contribution < 1.29 is 9.47 Å². The van der Waals surface area contributed by atoms with Crippen LogP contribution in [0.1, 0.15) is 11.1 Å². The van der Waals surface area contributed by atoms with Gasteiger partial charge in [-0.1, -0.05) is 12.2 Å². The third kappa shape index (κ3) is 1.87. The number of hydrogen-bond donors (Lipinski definition) is 1. The maximum absolute atomic E-state index is 5.43. The fourth-order valence-corrected chi connectivity index (χ4v) is 2.28. The molecule has 4 heteroatoms. The van der Waals surface area contributed by atoms with Crippen LogP contribution >= 0.6 is 15.9 Å². The number of nitrogens with two attached hydrogens (primary N) is 1. The topological polar surface area (TPSA) is 44.5 Å². The van der Waals surface area contributed by atoms with Crippen LogP contribution < -0.4 is 15.2 Å². The van der Waals surface area contributed by atoms with Crippen LogP contribution in [0.4, 0.5) is 0 Å². The molecule has 2 rings (SSSR count). The molecule has 0 spiro atoms. The Morgan fingerprint density at radius 3 is 3.07 bits per heavy atom. The van der Waals surface area contributed by atoms with Crippen LogP contribution in [0.25, 0.3) is 6.08 Å². The van der Waals surface area contributed by atoms with E-state index in [1.807, 2.05) is 25.1 Å². The molecule has 15 heavy (non-hydrogen) atoms. The number of fused-ring (bicyclic) bond motifs is 1. The Hall–Kier alpha value is -1.00. The summed E-state index contributed by atoms with van der Waals surface area (Å²) in [6.07, 6.45) is 3.90. The average molecular weight is 270 g/mol. The summed E-state index contributed by atoms with van der Waals surface area (Å²) >= 11 is 3.52. The molecule has 80 valence electrons. The molecule has 2 N–H and O–H groups in total. The Labute approximate surface area is 97.0 Å². The van der Waals surface area contributed by atoms with Gasteiger partial charge in [-0.15, -0.1) is 0 Å². The van der Waals surface area contributed by atoms with Gasteiger partial charge in [0.2, 0.25) is 6.79 Å². The number of ether oxygens (including phenoxy) is 2. The van der Waals surface area contributed by atoms with E-state index in [1.165, 1.54) is 0 Å². The van der Waals surface area contributed by atoms with Crippen molar-refractivity contribution in [1.82, 2.24) is 0 Å². The Bertz CT molecular complexity index is 416. The zero-order chi connectivity index (χ0) is 10.8. The molecular formula is C11H12BrNO2. The van der Waals surface area contributed by atoms with Crippen molar-refractivity contribution in [2.24, 2.45) is 5.73 Å². The second kappa shape index (κ2) is 4.24. The molecule has 0 aromatic heterocycles. The van der Waals surface area contributed by atoms with Gasteiger partial charge < -0.3 is 15.2 Å². The fraction of sp³-hybridized carbons (Fsp3) is 0.273. The monoisotopic (exact) mass is 269 g/mol. The van der Waals surface area contributed by atoms with Crippen molar-refractivity contribution >= 4 is 22.0 Å². The maximum Gasteiger partial charge on any atom is 0.231 e. The van der Waals surface area contributed by atoms with Crippen LogP contribution in [0, 0.1) is 6.92 Å². The fourth-order valence-electron chi connectivity index (χ4n) is 1.53. The van der Waals surface area contributed by atoms with Crippen molar-refractivity contribution in [3.8, 4) is 11.5 Å². The molecule has 0 atom stereocenters. The van der Waals surface area contributed by atoms with E-state index in [0.717, 1.165) is 27.1 Å². The van der Waals surface area contributed by atoms with Crippen LogP contribution in [-0.2, 0) is 0 Å². The van der Waals surface area contributed by atoms with E-state index >= 15 is 0 Å². The molecule has 0 radical (unpaired) electrons. The first-order valence-electron chi connectivity index (χ1n) is 4.69. The van der Waals surface area contributed by atoms with Crippen LogP contribution in [0.2, 0.25) is 0 Å². The average Bonchev–Trinajstić information content (AvgIpc) is 2.65. The Kier molecular flexibility index (Phi) is 2.98. The maximum atomic E-state index is 5.43. The normalized spacial score (nSPS) is 13.8. The van der Waals surface area contributed by atoms with E-state index in [2.05, 4.69) is 15.9 Å². The van der Waals surface area contributed by atoms with Crippen LogP contribution in [0.3, 0.4) is 0 Å². The standard InChI is InChI=1S/C11H12BrNO2/c1-7-5-9-11(15-6-14-9)10(12)8(7)3-2-4-13/h2-3,5H,4,6,13H2,1H3/b3-2+. The van der Waals surface area contributed by atoms with Crippen molar-refractivity contribution in [2.45, 2.75) is 6.92 Å². The minimum Gasteiger partial charge on any atom is -0.454 e. The molecule has 3 nitrogen and oxygen atoms in total. The number of benzene rings is 1. The lowest BCUT2D eigenvalue weighted by Crippen LogP contribution is -1.93. The first-order valence-corrected chi connectivity index (χ1v) is 5.48. The van der Waals surface area contributed by atoms with Gasteiger partial charge in [-0.25, -0.2) is 0 Å². The molecule has 0 fully saturated rings. The lowest BCUT2D eigenvalue weighted by atomic mass is 10.1. The van der Waals surface area contributed by atoms with Crippen LogP contribution in [0.5, 0.6) is 11.5 Å². The van der Waals surface area contributed by atoms with Gasteiger partial charge in [0, 0.05) is 6.54 Å². The van der Waals surface area contributed by atoms with E-state index in [4.69, 9.17) is 15.2 Å². The summed E-state index contributed by atoms with van der Waals surface area (Å²) in [5.41, 5.74) is 7.65. The summed E-state index contributed by atoms with van der Waals surface area (Å²) in [5.74, 6) is 1.57. The zero-order valence-electron chi connectivity index (χ0n) is 8.42. The summed E-state index contributed by atoms with van der Waals surface area (Å²) < 4.78 is 11.6. The van der Waals surface area contributed by atoms with Gasteiger partial charge in [-0.05, 0) is 40.0 Å². The molecule has 1 heterocycles. The number of rotatable bonds is 2. The lowest BCUT2D eigenvalue weighted by Gasteiger charge is -2.07. The first kappa shape index (κ1) is 10.5. The molecule has 1 aromatic carbocycles. The summed E-state index contributed by atoms with van der Waals surface area (Å²) in [5, 5.41) is 0. The second-order valence-corrected chi connectivity index (χ2v) is 4.09. The van der Waals surface area contributed by atoms with Gasteiger partial charge in [0.25, 0.3) is 0 Å². The van der Waals surface area contributed by atoms with Crippen molar-refractivity contribution in [2.75, 3.05) is 13.3 Å². The van der Waals surface area contributed by atoms with Gasteiger partial charge in [0.1, 0.15) is 0 Å². The molecule has 0 saturated heterocycles. The van der Waals surface area contributed by atoms with Crippen molar-refractivity contribution in [3.63, 3.8) is 0 Å². The highest BCUT2D eigenvalue weighted by molar-refractivity contribution is 9.10. The smallest absolute Gasteiger partial charge is 0.231 e. The molecule has 1 aromatic rings. The lowest BCUT2D eigenvalue weighted by molar-refractivity contribution is 0.173. The van der Waals surface area contributed by atoms with Crippen LogP contribution in [-0.4, -0.2) is 13.3 Å². The quantitative estimate of drug-likeness (QED) is 0.897. The third-order valence-electron chi connectivity index (χ3n) is 2.27. The first-order chi connectivity index (χ1) is 7.24. The SMILES string of the molecule is Cc1cc2c(c(Br)c1/C=C/CN)OCO2. The van der Waals surface area contributed by atoms with E-state index in [-0.39, 0.29) is 6.79 Å². The second-order valence-electron chi connectivity index (χ2n) is 3.29. The Morgan fingerprint density at radius 2 is 2.33 bits per heavy atom. The highest BCUT2D eigenvalue weighted by atomic mass is 79.9. The molecule has 0 amide bonds. The minimum atomic E-state index is 0.289. The molecular weight excluding hydrogens is 258 g/mol. The molecule has 0 saturated carbocycles. The Morgan fingerprint density at radius 1 is 1.53 bits per heavy atom. The highest BCUT2D eigenvalue weighted by Crippen LogP contribution is 2.43. The van der Waals surface area contributed by atoms with E-state index in [1.54, 1.807) is 0 Å². The minimum absolute atomic E-state index is 0.289. The zero-order valence-corrected chi connectivity index (χ0v) is 10.0. The Balaban J connectivity index is 2.51. The van der Waals surface area contributed by atoms with Crippen molar-refractivity contribution in [3.05, 3.63) is 27.7 Å². The third-order valence-corrected chi connectivity index (χ3v) is 3.06. The molecule has 1 aliphatic rings. The highest BCUT2D eigenvalue weighted by Gasteiger charge is 2.20. The van der Waals surface area contributed by atoms with Gasteiger partial charge in [-0.2, -0.15) is 0 Å². The van der Waals surface area contributed by atoms with Gasteiger partial charge in [0.15, 0.2) is 11.5 Å². The number of halogens is 1. The summed E-state index contributed by atoms with van der Waals surface area (Å²) in [6.45, 7) is 2.85. The van der Waals surface area contributed by atoms with E-state index in [0.29, 0.717) is 6.54 Å². The predicted molar refractivity (Wildman–Crippen MR) is 63.1 cm³/mol. The van der Waals surface area contributed by atoms with Gasteiger partial charge in [-0.3, -0.25) is 0 Å². The van der Waals surface area contributed by atoms with Gasteiger partial charge >= 0.3 is 0 Å². The summed E-state index contributed by atoms with van der Waals surface area (Å²) in [6, 6.07) is 1.98. The largest absolute Gasteiger partial charge is 0.454 e. The summed E-state index contributed by atoms with van der Waals surface area (Å²) in [4.78, 5) is 0. The summed E-state index contributed by atoms with van der Waals surface area (Å²) in [7, 11) is 0. The number of aryl methyl sites for hydroxylation is 1. The molecule has 1 aliphatic heterocycles. The van der Waals surface area contributed by atoms with Crippen LogP contribution in [0.15, 0.2) is 16.6 Å². The van der Waals surface area contributed by atoms with E-state index < -0.39 is 0 Å². The number of hydrogen-bond acceptors (Lipinski definition) is 3. The molecule has 0 unspecified atom stereocenters. The van der Waals surface area contributed by atoms with E-state index in [9.17, 15) is 0 Å². The van der Waals surface area contributed by atoms with Gasteiger partial charge in [0.05, 0.1) is 4.47 Å². The molecule has 0 bridgehead atoms. The predicted octanol–water partition coefficient (Wildman–Crippen LogP) is 2.46. The van der Waals surface area contributed by atoms with Crippen molar-refractivity contribution in [1.29, 1.82) is 0 Å². The molecule has 0 aliphatic carbocycles.